The first-order chi connectivity index (χ1) is 16.4. The lowest BCUT2D eigenvalue weighted by molar-refractivity contribution is -0.385. The molecule has 1 aliphatic rings. The van der Waals surface area contributed by atoms with Crippen LogP contribution >= 0.6 is 11.8 Å². The molecule has 0 unspecified atom stereocenters. The van der Waals surface area contributed by atoms with Crippen molar-refractivity contribution in [3.8, 4) is 0 Å². The van der Waals surface area contributed by atoms with E-state index in [2.05, 4.69) is 16.4 Å². The number of para-hydroxylation sites is 1. The van der Waals surface area contributed by atoms with Gasteiger partial charge in [-0.05, 0) is 57.2 Å². The van der Waals surface area contributed by atoms with Gasteiger partial charge in [0.2, 0.25) is 5.91 Å². The first kappa shape index (κ1) is 23.7. The number of nitro benzene ring substituents is 1. The van der Waals surface area contributed by atoms with Gasteiger partial charge in [-0.25, -0.2) is 4.98 Å². The van der Waals surface area contributed by atoms with Crippen LogP contribution < -0.4 is 10.9 Å². The molecule has 3 aromatic rings. The number of nitrogens with one attached hydrogen (secondary N) is 1. The van der Waals surface area contributed by atoms with E-state index < -0.39 is 4.92 Å². The first-order valence-electron chi connectivity index (χ1n) is 11.3. The molecule has 1 heterocycles. The van der Waals surface area contributed by atoms with Crippen molar-refractivity contribution >= 4 is 39.9 Å². The minimum Gasteiger partial charge on any atom is -0.325 e. The molecule has 1 N–H and O–H groups in total. The highest BCUT2D eigenvalue weighted by molar-refractivity contribution is 7.99. The molecule has 0 saturated heterocycles. The highest BCUT2D eigenvalue weighted by atomic mass is 32.2. The predicted molar refractivity (Wildman–Crippen MR) is 134 cm³/mol. The number of thioether (sulfide) groups is 1. The second-order valence-corrected chi connectivity index (χ2v) is 9.21. The summed E-state index contributed by atoms with van der Waals surface area (Å²) in [5.74, 6) is -0.298. The van der Waals surface area contributed by atoms with Crippen molar-refractivity contribution in [2.24, 2.45) is 0 Å². The molecule has 0 aliphatic heterocycles. The molecule has 176 valence electrons. The van der Waals surface area contributed by atoms with Crippen molar-refractivity contribution in [1.82, 2.24) is 9.55 Å². The van der Waals surface area contributed by atoms with Crippen LogP contribution in [0.2, 0.25) is 0 Å². The van der Waals surface area contributed by atoms with Crippen molar-refractivity contribution in [2.75, 3.05) is 11.1 Å². The zero-order valence-corrected chi connectivity index (χ0v) is 19.8. The molecular formula is C25H26N4O4S. The topological polar surface area (TPSA) is 107 Å². The SMILES string of the molecule is Cc1c(NC(=O)CSc2nc3ccccc3c(=O)n2CCC2=CCCCC2)cccc1[N+](=O)[O-]. The zero-order chi connectivity index (χ0) is 24.1. The number of nitrogens with zero attached hydrogens (tertiary/aromatic N) is 3. The Bertz CT molecular complexity index is 1330. The minimum absolute atomic E-state index is 0.0234. The number of aromatic nitrogens is 2. The number of hydrogen-bond donors (Lipinski definition) is 1. The molecule has 1 aliphatic carbocycles. The normalized spacial score (nSPS) is 13.5. The van der Waals surface area contributed by atoms with E-state index in [9.17, 15) is 19.7 Å². The Morgan fingerprint density at radius 2 is 2.03 bits per heavy atom. The summed E-state index contributed by atoms with van der Waals surface area (Å²) in [7, 11) is 0. The quantitative estimate of drug-likeness (QED) is 0.156. The maximum Gasteiger partial charge on any atom is 0.274 e. The van der Waals surface area contributed by atoms with Gasteiger partial charge >= 0.3 is 0 Å². The molecule has 1 aromatic heterocycles. The molecule has 9 heteroatoms. The third kappa shape index (κ3) is 5.36. The molecule has 8 nitrogen and oxygen atoms in total. The molecule has 2 aromatic carbocycles. The highest BCUT2D eigenvalue weighted by Gasteiger charge is 2.17. The summed E-state index contributed by atoms with van der Waals surface area (Å²) in [6.07, 6.45) is 7.58. The Morgan fingerprint density at radius 3 is 2.79 bits per heavy atom. The number of hydrogen-bond acceptors (Lipinski definition) is 6. The van der Waals surface area contributed by atoms with Gasteiger partial charge in [0.1, 0.15) is 0 Å². The fraction of sp³-hybridized carbons (Fsp3) is 0.320. The Morgan fingerprint density at radius 1 is 1.21 bits per heavy atom. The Balaban J connectivity index is 1.54. The molecule has 0 atom stereocenters. The molecule has 1 amide bonds. The standard InChI is InChI=1S/C25H26N4O4S/c1-17-20(12-7-13-22(17)29(32)33)26-23(30)16-34-25-27-21-11-6-5-10-19(21)24(31)28(25)15-14-18-8-3-2-4-9-18/h5-8,10-13H,2-4,9,14-16H2,1H3,(H,26,30). The first-order valence-corrected chi connectivity index (χ1v) is 12.3. The summed E-state index contributed by atoms with van der Waals surface area (Å²) in [6, 6.07) is 11.8. The third-order valence-electron chi connectivity index (χ3n) is 5.98. The molecular weight excluding hydrogens is 452 g/mol. The number of carbonyl (C=O) groups excluding carboxylic acids is 1. The van der Waals surface area contributed by atoms with E-state index in [1.54, 1.807) is 29.7 Å². The lowest BCUT2D eigenvalue weighted by Crippen LogP contribution is -2.25. The fourth-order valence-electron chi connectivity index (χ4n) is 4.12. The van der Waals surface area contributed by atoms with Crippen molar-refractivity contribution < 1.29 is 9.72 Å². The van der Waals surface area contributed by atoms with Crippen LogP contribution in [0.25, 0.3) is 10.9 Å². The van der Waals surface area contributed by atoms with Crippen LogP contribution in [0.4, 0.5) is 11.4 Å². The van der Waals surface area contributed by atoms with Gasteiger partial charge in [0.05, 0.1) is 32.8 Å². The summed E-state index contributed by atoms with van der Waals surface area (Å²) in [5, 5.41) is 15.0. The van der Waals surface area contributed by atoms with E-state index in [-0.39, 0.29) is 22.9 Å². The van der Waals surface area contributed by atoms with Gasteiger partial charge in [-0.3, -0.25) is 24.3 Å². The number of carbonyl (C=O) groups is 1. The summed E-state index contributed by atoms with van der Waals surface area (Å²) >= 11 is 1.19. The van der Waals surface area contributed by atoms with E-state index in [4.69, 9.17) is 0 Å². The summed E-state index contributed by atoms with van der Waals surface area (Å²) in [5.41, 5.74) is 2.59. The predicted octanol–water partition coefficient (Wildman–Crippen LogP) is 5.23. The third-order valence-corrected chi connectivity index (χ3v) is 6.95. The lowest BCUT2D eigenvalue weighted by Gasteiger charge is -2.16. The maximum absolute atomic E-state index is 13.2. The number of amides is 1. The van der Waals surface area contributed by atoms with Crippen molar-refractivity contribution in [2.45, 2.75) is 50.7 Å². The second-order valence-electron chi connectivity index (χ2n) is 8.27. The van der Waals surface area contributed by atoms with Gasteiger partial charge in [-0.1, -0.05) is 41.6 Å². The van der Waals surface area contributed by atoms with Crippen LogP contribution in [0.1, 0.15) is 37.7 Å². The second kappa shape index (κ2) is 10.6. The van der Waals surface area contributed by atoms with Crippen LogP contribution in [0.3, 0.4) is 0 Å². The van der Waals surface area contributed by atoms with E-state index in [1.165, 1.54) is 42.3 Å². The van der Waals surface area contributed by atoms with Crippen molar-refractivity contribution in [3.05, 3.63) is 80.1 Å². The zero-order valence-electron chi connectivity index (χ0n) is 19.0. The smallest absolute Gasteiger partial charge is 0.274 e. The number of rotatable bonds is 8. The van der Waals surface area contributed by atoms with E-state index in [0.717, 1.165) is 19.3 Å². The molecule has 0 bridgehead atoms. The number of benzene rings is 2. The highest BCUT2D eigenvalue weighted by Crippen LogP contribution is 2.26. The van der Waals surface area contributed by atoms with Gasteiger partial charge in [-0.15, -0.1) is 0 Å². The van der Waals surface area contributed by atoms with Gasteiger partial charge in [-0.2, -0.15) is 0 Å². The largest absolute Gasteiger partial charge is 0.325 e. The van der Waals surface area contributed by atoms with Crippen molar-refractivity contribution in [1.29, 1.82) is 0 Å². The Labute approximate surface area is 201 Å². The molecule has 0 radical (unpaired) electrons. The van der Waals surface area contributed by atoms with Crippen LogP contribution in [0, 0.1) is 17.0 Å². The number of fused-ring (bicyclic) bond motifs is 1. The molecule has 0 spiro atoms. The summed E-state index contributed by atoms with van der Waals surface area (Å²) in [4.78, 5) is 41.3. The van der Waals surface area contributed by atoms with Crippen LogP contribution in [-0.2, 0) is 11.3 Å². The summed E-state index contributed by atoms with van der Waals surface area (Å²) < 4.78 is 1.66. The minimum atomic E-state index is -0.473. The van der Waals surface area contributed by atoms with E-state index >= 15 is 0 Å². The molecule has 4 rings (SSSR count). The average Bonchev–Trinajstić information content (AvgIpc) is 2.84. The maximum atomic E-state index is 13.2. The summed E-state index contributed by atoms with van der Waals surface area (Å²) in [6.45, 7) is 2.11. The molecule has 0 saturated carbocycles. The molecule has 34 heavy (non-hydrogen) atoms. The van der Waals surface area contributed by atoms with Gasteiger partial charge < -0.3 is 5.32 Å². The van der Waals surface area contributed by atoms with Gasteiger partial charge in [0.15, 0.2) is 5.16 Å². The van der Waals surface area contributed by atoms with E-state index in [1.807, 2.05) is 12.1 Å². The monoisotopic (exact) mass is 478 g/mol. The Hall–Kier alpha value is -3.46. The molecule has 0 fully saturated rings. The number of allylic oxidation sites excluding steroid dienone is 2. The lowest BCUT2D eigenvalue weighted by atomic mass is 9.97. The van der Waals surface area contributed by atoms with Gasteiger partial charge in [0, 0.05) is 12.6 Å². The van der Waals surface area contributed by atoms with Crippen molar-refractivity contribution in [3.63, 3.8) is 0 Å². The number of nitro groups is 1. The fourth-order valence-corrected chi connectivity index (χ4v) is 4.94. The van der Waals surface area contributed by atoms with Gasteiger partial charge in [0.25, 0.3) is 11.2 Å². The van der Waals surface area contributed by atoms with Crippen LogP contribution in [0.15, 0.2) is 64.1 Å². The van der Waals surface area contributed by atoms with Crippen LogP contribution in [0.5, 0.6) is 0 Å². The van der Waals surface area contributed by atoms with Crippen LogP contribution in [-0.4, -0.2) is 26.1 Å². The number of anilines is 1. The Kier molecular flexibility index (Phi) is 7.42. The average molecular weight is 479 g/mol. The van der Waals surface area contributed by atoms with E-state index in [0.29, 0.717) is 33.9 Å².